The van der Waals surface area contributed by atoms with Crippen LogP contribution in [0.1, 0.15) is 27.2 Å². The fourth-order valence-corrected chi connectivity index (χ4v) is 1.39. The molecule has 0 saturated carbocycles. The Hall–Kier alpha value is -1.36. The molecule has 1 heterocycles. The fraction of sp³-hybridized carbons (Fsp3) is 0.667. The molecule has 0 aromatic carbocycles. The Labute approximate surface area is 102 Å². The van der Waals surface area contributed by atoms with Crippen LogP contribution >= 0.6 is 0 Å². The molecular weight excluding hydrogens is 216 g/mol. The first kappa shape index (κ1) is 13.7. The number of nitrogens with two attached hydrogens (primary N) is 1. The van der Waals surface area contributed by atoms with Crippen molar-refractivity contribution in [2.45, 2.75) is 39.8 Å². The van der Waals surface area contributed by atoms with E-state index in [0.717, 1.165) is 13.0 Å². The average Bonchev–Trinajstić information content (AvgIpc) is 2.74. The zero-order valence-corrected chi connectivity index (χ0v) is 10.8. The van der Waals surface area contributed by atoms with Gasteiger partial charge in [-0.1, -0.05) is 20.8 Å². The second-order valence-electron chi connectivity index (χ2n) is 5.26. The molecule has 0 saturated heterocycles. The third-order valence-corrected chi connectivity index (χ3v) is 2.64. The van der Waals surface area contributed by atoms with Crippen LogP contribution in [0.4, 0.5) is 0 Å². The maximum Gasteiger partial charge on any atom is 0.237 e. The van der Waals surface area contributed by atoms with E-state index in [1.54, 1.807) is 6.20 Å². The molecule has 1 amide bonds. The molecule has 0 aliphatic heterocycles. The van der Waals surface area contributed by atoms with Gasteiger partial charge in [-0.25, -0.2) is 0 Å². The topological polar surface area (TPSA) is 72.9 Å². The molecule has 1 rings (SSSR count). The van der Waals surface area contributed by atoms with E-state index in [4.69, 9.17) is 5.73 Å². The van der Waals surface area contributed by atoms with Crippen molar-refractivity contribution >= 4 is 5.91 Å². The predicted molar refractivity (Wildman–Crippen MR) is 67.3 cm³/mol. The summed E-state index contributed by atoms with van der Waals surface area (Å²) in [7, 11) is 0. The van der Waals surface area contributed by atoms with Crippen LogP contribution in [0.3, 0.4) is 0 Å². The van der Waals surface area contributed by atoms with Crippen LogP contribution in [0.25, 0.3) is 0 Å². The lowest BCUT2D eigenvalue weighted by Gasteiger charge is -2.25. The van der Waals surface area contributed by atoms with Crippen LogP contribution in [-0.2, 0) is 11.3 Å². The molecule has 1 aromatic rings. The highest BCUT2D eigenvalue weighted by molar-refractivity contribution is 5.82. The van der Waals surface area contributed by atoms with E-state index >= 15 is 0 Å². The normalized spacial score (nSPS) is 13.4. The molecule has 0 bridgehead atoms. The largest absolute Gasteiger partial charge is 0.355 e. The number of nitrogens with one attached hydrogen (secondary N) is 1. The highest BCUT2D eigenvalue weighted by Crippen LogP contribution is 2.16. The van der Waals surface area contributed by atoms with E-state index < -0.39 is 6.04 Å². The number of nitrogens with zero attached hydrogens (tertiary/aromatic N) is 2. The van der Waals surface area contributed by atoms with Crippen LogP contribution in [0.15, 0.2) is 18.5 Å². The molecule has 5 heteroatoms. The van der Waals surface area contributed by atoms with Gasteiger partial charge in [0, 0.05) is 25.5 Å². The van der Waals surface area contributed by atoms with Gasteiger partial charge >= 0.3 is 0 Å². The molecule has 3 N–H and O–H groups in total. The first-order valence-electron chi connectivity index (χ1n) is 5.92. The molecule has 0 fully saturated rings. The van der Waals surface area contributed by atoms with Crippen LogP contribution in [0.2, 0.25) is 0 Å². The number of aryl methyl sites for hydroxylation is 1. The Morgan fingerprint density at radius 3 is 2.76 bits per heavy atom. The Balaban J connectivity index is 2.20. The van der Waals surface area contributed by atoms with E-state index in [2.05, 4.69) is 10.4 Å². The number of hydrogen-bond acceptors (Lipinski definition) is 3. The van der Waals surface area contributed by atoms with Crippen molar-refractivity contribution < 1.29 is 4.79 Å². The minimum atomic E-state index is -0.466. The Morgan fingerprint density at radius 1 is 1.53 bits per heavy atom. The summed E-state index contributed by atoms with van der Waals surface area (Å²) < 4.78 is 1.84. The first-order chi connectivity index (χ1) is 7.91. The number of aromatic nitrogens is 2. The summed E-state index contributed by atoms with van der Waals surface area (Å²) in [6.07, 6.45) is 4.50. The third kappa shape index (κ3) is 4.56. The SMILES string of the molecule is CC(C)(C)[C@@H](N)C(=O)NCCCn1cccn1. The van der Waals surface area contributed by atoms with Crippen molar-refractivity contribution in [3.8, 4) is 0 Å². The molecule has 0 aliphatic rings. The average molecular weight is 238 g/mol. The Morgan fingerprint density at radius 2 is 2.24 bits per heavy atom. The number of amides is 1. The molecule has 1 aromatic heterocycles. The summed E-state index contributed by atoms with van der Waals surface area (Å²) in [6, 6.07) is 1.42. The minimum absolute atomic E-state index is 0.0852. The summed E-state index contributed by atoms with van der Waals surface area (Å²) in [5.41, 5.74) is 5.64. The zero-order chi connectivity index (χ0) is 12.9. The van der Waals surface area contributed by atoms with Crippen molar-refractivity contribution in [2.75, 3.05) is 6.54 Å². The molecule has 96 valence electrons. The maximum atomic E-state index is 11.7. The van der Waals surface area contributed by atoms with Crippen LogP contribution < -0.4 is 11.1 Å². The van der Waals surface area contributed by atoms with Gasteiger partial charge in [-0.2, -0.15) is 5.10 Å². The van der Waals surface area contributed by atoms with Crippen molar-refractivity contribution in [3.63, 3.8) is 0 Å². The molecule has 0 aliphatic carbocycles. The van der Waals surface area contributed by atoms with Gasteiger partial charge in [-0.15, -0.1) is 0 Å². The Kier molecular flexibility index (Phi) is 4.69. The van der Waals surface area contributed by atoms with E-state index in [9.17, 15) is 4.79 Å². The summed E-state index contributed by atoms with van der Waals surface area (Å²) in [6.45, 7) is 7.31. The van der Waals surface area contributed by atoms with Gasteiger partial charge in [0.15, 0.2) is 0 Å². The highest BCUT2D eigenvalue weighted by atomic mass is 16.2. The maximum absolute atomic E-state index is 11.7. The standard InChI is InChI=1S/C12H22N4O/c1-12(2,3)10(13)11(17)14-6-4-8-16-9-5-7-15-16/h5,7,9-10H,4,6,8,13H2,1-3H3,(H,14,17)/t10-/m0/s1. The zero-order valence-electron chi connectivity index (χ0n) is 10.8. The van der Waals surface area contributed by atoms with Crippen molar-refractivity contribution in [2.24, 2.45) is 11.1 Å². The third-order valence-electron chi connectivity index (χ3n) is 2.64. The molecule has 17 heavy (non-hydrogen) atoms. The first-order valence-corrected chi connectivity index (χ1v) is 5.92. The summed E-state index contributed by atoms with van der Waals surface area (Å²) in [5, 5.41) is 6.93. The summed E-state index contributed by atoms with van der Waals surface area (Å²) in [4.78, 5) is 11.7. The van der Waals surface area contributed by atoms with Gasteiger partial charge in [0.2, 0.25) is 5.91 Å². The van der Waals surface area contributed by atoms with Gasteiger partial charge < -0.3 is 11.1 Å². The van der Waals surface area contributed by atoms with Crippen LogP contribution in [0, 0.1) is 5.41 Å². The van der Waals surface area contributed by atoms with Gasteiger partial charge in [-0.05, 0) is 17.9 Å². The molecule has 0 unspecified atom stereocenters. The molecule has 5 nitrogen and oxygen atoms in total. The number of carbonyl (C=O) groups is 1. The number of rotatable bonds is 5. The van der Waals surface area contributed by atoms with Crippen molar-refractivity contribution in [3.05, 3.63) is 18.5 Å². The summed E-state index contributed by atoms with van der Waals surface area (Å²) >= 11 is 0. The number of hydrogen-bond donors (Lipinski definition) is 2. The van der Waals surface area contributed by atoms with Gasteiger partial charge in [0.05, 0.1) is 6.04 Å². The quantitative estimate of drug-likeness (QED) is 0.744. The highest BCUT2D eigenvalue weighted by Gasteiger charge is 2.26. The van der Waals surface area contributed by atoms with Crippen molar-refractivity contribution in [1.82, 2.24) is 15.1 Å². The molecule has 1 atom stereocenters. The molecule has 0 spiro atoms. The van der Waals surface area contributed by atoms with Gasteiger partial charge in [0.25, 0.3) is 0 Å². The fourth-order valence-electron chi connectivity index (χ4n) is 1.39. The van der Waals surface area contributed by atoms with Crippen molar-refractivity contribution in [1.29, 1.82) is 0 Å². The molecule has 0 radical (unpaired) electrons. The van der Waals surface area contributed by atoms with E-state index in [0.29, 0.717) is 6.54 Å². The monoisotopic (exact) mass is 238 g/mol. The Bertz CT molecular complexity index is 340. The van der Waals surface area contributed by atoms with Crippen LogP contribution in [-0.4, -0.2) is 28.3 Å². The second-order valence-corrected chi connectivity index (χ2v) is 5.26. The lowest BCUT2D eigenvalue weighted by Crippen LogP contribution is -2.48. The number of carbonyl (C=O) groups excluding carboxylic acids is 1. The van der Waals surface area contributed by atoms with E-state index in [1.165, 1.54) is 0 Å². The lowest BCUT2D eigenvalue weighted by molar-refractivity contribution is -0.124. The van der Waals surface area contributed by atoms with E-state index in [-0.39, 0.29) is 11.3 Å². The van der Waals surface area contributed by atoms with Gasteiger partial charge in [-0.3, -0.25) is 9.48 Å². The van der Waals surface area contributed by atoms with Gasteiger partial charge in [0.1, 0.15) is 0 Å². The lowest BCUT2D eigenvalue weighted by atomic mass is 9.87. The van der Waals surface area contributed by atoms with Crippen LogP contribution in [0.5, 0.6) is 0 Å². The molecular formula is C12H22N4O. The van der Waals surface area contributed by atoms with E-state index in [1.807, 2.05) is 37.7 Å². The summed E-state index contributed by atoms with van der Waals surface area (Å²) in [5.74, 6) is -0.0852. The second kappa shape index (κ2) is 5.82. The minimum Gasteiger partial charge on any atom is -0.355 e. The smallest absolute Gasteiger partial charge is 0.237 e. The predicted octanol–water partition coefficient (Wildman–Crippen LogP) is 0.763.